The molecule has 5 nitrogen and oxygen atoms in total. The summed E-state index contributed by atoms with van der Waals surface area (Å²) in [6, 6.07) is 4.65. The van der Waals surface area contributed by atoms with Gasteiger partial charge in [0.1, 0.15) is 11.5 Å². The quantitative estimate of drug-likeness (QED) is 0.837. The van der Waals surface area contributed by atoms with Gasteiger partial charge in [0.15, 0.2) is 0 Å². The summed E-state index contributed by atoms with van der Waals surface area (Å²) in [5, 5.41) is 9.24. The zero-order valence-corrected chi connectivity index (χ0v) is 14.0. The van der Waals surface area contributed by atoms with E-state index in [1.807, 2.05) is 24.0 Å². The third-order valence-corrected chi connectivity index (χ3v) is 4.98. The standard InChI is InChI=1S/C18H28N2O3/c1-14-5-8-17(23-14)12-20(16-6-7-16)18(22)13-19-10-3-2-4-15(19)9-11-21/h5,8,15-16,21H,2-4,6-7,9-13H2,1H3. The van der Waals surface area contributed by atoms with Crippen molar-refractivity contribution in [2.45, 2.75) is 64.1 Å². The molecule has 1 atom stereocenters. The largest absolute Gasteiger partial charge is 0.464 e. The highest BCUT2D eigenvalue weighted by Gasteiger charge is 2.34. The van der Waals surface area contributed by atoms with Gasteiger partial charge in [-0.05, 0) is 57.7 Å². The molecule has 1 aromatic heterocycles. The van der Waals surface area contributed by atoms with E-state index in [1.54, 1.807) is 0 Å². The van der Waals surface area contributed by atoms with E-state index in [0.717, 1.165) is 50.2 Å². The first-order valence-corrected chi connectivity index (χ1v) is 8.87. The molecule has 3 rings (SSSR count). The number of hydrogen-bond acceptors (Lipinski definition) is 4. The summed E-state index contributed by atoms with van der Waals surface area (Å²) < 4.78 is 5.65. The molecular weight excluding hydrogens is 292 g/mol. The number of aliphatic hydroxyl groups is 1. The maximum absolute atomic E-state index is 12.8. The van der Waals surface area contributed by atoms with E-state index < -0.39 is 0 Å². The van der Waals surface area contributed by atoms with Crippen molar-refractivity contribution in [2.24, 2.45) is 0 Å². The topological polar surface area (TPSA) is 56.9 Å². The smallest absolute Gasteiger partial charge is 0.237 e. The van der Waals surface area contributed by atoms with Crippen molar-refractivity contribution in [1.82, 2.24) is 9.80 Å². The summed E-state index contributed by atoms with van der Waals surface area (Å²) in [6.07, 6.45) is 6.42. The van der Waals surface area contributed by atoms with Crippen LogP contribution in [0.1, 0.15) is 50.0 Å². The summed E-state index contributed by atoms with van der Waals surface area (Å²) in [5.41, 5.74) is 0. The third kappa shape index (κ3) is 4.36. The summed E-state index contributed by atoms with van der Waals surface area (Å²) in [4.78, 5) is 17.1. The highest BCUT2D eigenvalue weighted by atomic mass is 16.3. The molecule has 1 aliphatic heterocycles. The number of carbonyl (C=O) groups is 1. The van der Waals surface area contributed by atoms with Crippen LogP contribution in [0, 0.1) is 6.92 Å². The maximum atomic E-state index is 12.8. The predicted molar refractivity (Wildman–Crippen MR) is 87.9 cm³/mol. The van der Waals surface area contributed by atoms with Gasteiger partial charge in [0.25, 0.3) is 0 Å². The SMILES string of the molecule is Cc1ccc(CN(C(=O)CN2CCCCC2CCO)C2CC2)o1. The number of aryl methyl sites for hydroxylation is 1. The monoisotopic (exact) mass is 320 g/mol. The Morgan fingerprint density at radius 2 is 2.17 bits per heavy atom. The number of amides is 1. The first kappa shape index (κ1) is 16.5. The first-order chi connectivity index (χ1) is 11.2. The number of carbonyl (C=O) groups excluding carboxylic acids is 1. The summed E-state index contributed by atoms with van der Waals surface area (Å²) in [7, 11) is 0. The van der Waals surface area contributed by atoms with E-state index in [1.165, 1.54) is 6.42 Å². The Labute approximate surface area is 138 Å². The van der Waals surface area contributed by atoms with Crippen molar-refractivity contribution in [2.75, 3.05) is 19.7 Å². The number of nitrogens with zero attached hydrogens (tertiary/aromatic N) is 2. The Morgan fingerprint density at radius 3 is 2.83 bits per heavy atom. The van der Waals surface area contributed by atoms with Gasteiger partial charge in [0.2, 0.25) is 5.91 Å². The van der Waals surface area contributed by atoms with Crippen LogP contribution in [0.3, 0.4) is 0 Å². The Kier molecular flexibility index (Phi) is 5.38. The van der Waals surface area contributed by atoms with Crippen LogP contribution < -0.4 is 0 Å². The Hall–Kier alpha value is -1.33. The average Bonchev–Trinajstić information content (AvgIpc) is 3.29. The number of hydrogen-bond donors (Lipinski definition) is 1. The molecule has 0 bridgehead atoms. The maximum Gasteiger partial charge on any atom is 0.237 e. The molecule has 2 aliphatic rings. The summed E-state index contributed by atoms with van der Waals surface area (Å²) in [6.45, 7) is 4.15. The van der Waals surface area contributed by atoms with Crippen molar-refractivity contribution in [1.29, 1.82) is 0 Å². The van der Waals surface area contributed by atoms with Gasteiger partial charge in [-0.15, -0.1) is 0 Å². The van der Waals surface area contributed by atoms with Crippen molar-refractivity contribution in [3.63, 3.8) is 0 Å². The van der Waals surface area contributed by atoms with Crippen molar-refractivity contribution >= 4 is 5.91 Å². The Balaban J connectivity index is 1.61. The molecule has 1 saturated heterocycles. The lowest BCUT2D eigenvalue weighted by Gasteiger charge is -2.36. The number of likely N-dealkylation sites (tertiary alicyclic amines) is 1. The number of aliphatic hydroxyl groups excluding tert-OH is 1. The summed E-state index contributed by atoms with van der Waals surface area (Å²) >= 11 is 0. The zero-order valence-electron chi connectivity index (χ0n) is 14.0. The minimum absolute atomic E-state index is 0.200. The van der Waals surface area contributed by atoms with Crippen LogP contribution in [-0.2, 0) is 11.3 Å². The van der Waals surface area contributed by atoms with Crippen molar-refractivity contribution in [3.8, 4) is 0 Å². The second kappa shape index (κ2) is 7.49. The van der Waals surface area contributed by atoms with Crippen LogP contribution in [0.5, 0.6) is 0 Å². The molecular formula is C18H28N2O3. The van der Waals surface area contributed by atoms with Gasteiger partial charge in [0.05, 0.1) is 13.1 Å². The van der Waals surface area contributed by atoms with Gasteiger partial charge < -0.3 is 14.4 Å². The van der Waals surface area contributed by atoms with Crippen LogP contribution in [0.25, 0.3) is 0 Å². The lowest BCUT2D eigenvalue weighted by atomic mass is 9.99. The fourth-order valence-corrected chi connectivity index (χ4v) is 3.55. The number of rotatable bonds is 7. The molecule has 1 amide bonds. The molecule has 1 aromatic rings. The molecule has 0 spiro atoms. The Bertz CT molecular complexity index is 522. The molecule has 1 saturated carbocycles. The van der Waals surface area contributed by atoms with Gasteiger partial charge in [-0.25, -0.2) is 0 Å². The van der Waals surface area contributed by atoms with Gasteiger partial charge in [-0.1, -0.05) is 6.42 Å². The second-order valence-corrected chi connectivity index (χ2v) is 6.90. The van der Waals surface area contributed by atoms with Gasteiger partial charge in [-0.3, -0.25) is 9.69 Å². The number of furan rings is 1. The van der Waals surface area contributed by atoms with Gasteiger partial charge in [0, 0.05) is 18.7 Å². The van der Waals surface area contributed by atoms with E-state index in [2.05, 4.69) is 4.90 Å². The number of piperidine rings is 1. The highest BCUT2D eigenvalue weighted by Crippen LogP contribution is 2.29. The molecule has 5 heteroatoms. The second-order valence-electron chi connectivity index (χ2n) is 6.90. The molecule has 0 radical (unpaired) electrons. The van der Waals surface area contributed by atoms with E-state index in [0.29, 0.717) is 25.2 Å². The predicted octanol–water partition coefficient (Wildman–Crippen LogP) is 2.32. The van der Waals surface area contributed by atoms with Crippen LogP contribution in [0.2, 0.25) is 0 Å². The fourth-order valence-electron chi connectivity index (χ4n) is 3.55. The van der Waals surface area contributed by atoms with Crippen LogP contribution in [-0.4, -0.2) is 52.6 Å². The van der Waals surface area contributed by atoms with E-state index >= 15 is 0 Å². The van der Waals surface area contributed by atoms with Gasteiger partial charge in [-0.2, -0.15) is 0 Å². The minimum Gasteiger partial charge on any atom is -0.464 e. The van der Waals surface area contributed by atoms with Crippen LogP contribution >= 0.6 is 0 Å². The van der Waals surface area contributed by atoms with E-state index in [9.17, 15) is 9.90 Å². The fraction of sp³-hybridized carbons (Fsp3) is 0.722. The molecule has 23 heavy (non-hydrogen) atoms. The van der Waals surface area contributed by atoms with Crippen molar-refractivity contribution < 1.29 is 14.3 Å². The summed E-state index contributed by atoms with van der Waals surface area (Å²) in [5.74, 6) is 1.96. The van der Waals surface area contributed by atoms with Crippen LogP contribution in [0.4, 0.5) is 0 Å². The lowest BCUT2D eigenvalue weighted by Crippen LogP contribution is -2.47. The van der Waals surface area contributed by atoms with Crippen LogP contribution in [0.15, 0.2) is 16.5 Å². The first-order valence-electron chi connectivity index (χ1n) is 8.87. The Morgan fingerprint density at radius 1 is 1.35 bits per heavy atom. The molecule has 128 valence electrons. The zero-order chi connectivity index (χ0) is 16.2. The third-order valence-electron chi connectivity index (χ3n) is 4.98. The molecule has 1 N–H and O–H groups in total. The van der Waals surface area contributed by atoms with E-state index in [4.69, 9.17) is 4.42 Å². The molecule has 0 aromatic carbocycles. The lowest BCUT2D eigenvalue weighted by molar-refractivity contribution is -0.135. The van der Waals surface area contributed by atoms with Crippen molar-refractivity contribution in [3.05, 3.63) is 23.7 Å². The molecule has 1 aliphatic carbocycles. The normalized spacial score (nSPS) is 22.3. The molecule has 2 fully saturated rings. The highest BCUT2D eigenvalue weighted by molar-refractivity contribution is 5.79. The molecule has 1 unspecified atom stereocenters. The average molecular weight is 320 g/mol. The van der Waals surface area contributed by atoms with E-state index in [-0.39, 0.29) is 12.5 Å². The van der Waals surface area contributed by atoms with Gasteiger partial charge >= 0.3 is 0 Å². The molecule has 2 heterocycles. The minimum atomic E-state index is 0.200.